The molecule has 0 radical (unpaired) electrons. The molecule has 2 fully saturated rings. The number of carbonyl (C=O) groups excluding carboxylic acids is 2. The summed E-state index contributed by atoms with van der Waals surface area (Å²) in [5, 5.41) is 27.3. The molecule has 57 heavy (non-hydrogen) atoms. The van der Waals surface area contributed by atoms with Gasteiger partial charge < -0.3 is 10.6 Å². The number of carbonyl (C=O) groups is 2. The van der Waals surface area contributed by atoms with Gasteiger partial charge in [0.15, 0.2) is 0 Å². The monoisotopic (exact) mass is 806 g/mol. The molecule has 2 aliphatic carbocycles. The summed E-state index contributed by atoms with van der Waals surface area (Å²) in [4.78, 5) is 26.2. The Kier molecular flexibility index (Phi) is 12.3. The molecule has 4 aliphatic rings. The van der Waals surface area contributed by atoms with Crippen LogP contribution in [0.3, 0.4) is 0 Å². The van der Waals surface area contributed by atoms with Crippen LogP contribution in [0.4, 0.5) is 9.59 Å². The van der Waals surface area contributed by atoms with E-state index in [2.05, 4.69) is 96.8 Å². The van der Waals surface area contributed by atoms with Gasteiger partial charge in [-0.2, -0.15) is 21.5 Å². The lowest BCUT2D eigenvalue weighted by Gasteiger charge is -2.39. The van der Waals surface area contributed by atoms with Crippen LogP contribution in [0.1, 0.15) is 135 Å². The molecule has 4 amide bonds. The van der Waals surface area contributed by atoms with Gasteiger partial charge in [0.2, 0.25) is 0 Å². The zero-order valence-electron chi connectivity index (χ0n) is 35.0. The van der Waals surface area contributed by atoms with Crippen LogP contribution >= 0.6 is 22.7 Å². The molecule has 2 N–H and O–H groups in total. The number of unbranched alkanes of at least 4 members (excludes halogenated alkanes) is 2. The van der Waals surface area contributed by atoms with Crippen molar-refractivity contribution in [2.24, 2.45) is 27.0 Å². The number of benzene rings is 2. The Bertz CT molecular complexity index is 2070. The van der Waals surface area contributed by atoms with Gasteiger partial charge in [-0.3, -0.25) is 0 Å². The van der Waals surface area contributed by atoms with Crippen LogP contribution in [0, 0.1) is 16.7 Å². The van der Waals surface area contributed by atoms with Gasteiger partial charge in [-0.25, -0.2) is 19.6 Å². The summed E-state index contributed by atoms with van der Waals surface area (Å²) in [7, 11) is 0. The third-order valence-corrected chi connectivity index (χ3v) is 15.6. The normalized spacial score (nSPS) is 25.0. The smallest absolute Gasteiger partial charge is 0.333 e. The largest absolute Gasteiger partial charge is 0.338 e. The summed E-state index contributed by atoms with van der Waals surface area (Å²) < 4.78 is 1.31. The van der Waals surface area contributed by atoms with Crippen LogP contribution in [0.2, 0.25) is 0 Å². The topological polar surface area (TPSA) is 89.4 Å². The molecule has 2 aliphatic heterocycles. The predicted octanol–water partition coefficient (Wildman–Crippen LogP) is 12.1. The number of amides is 4. The van der Waals surface area contributed by atoms with Gasteiger partial charge in [0, 0.05) is 34.0 Å². The fourth-order valence-electron chi connectivity index (χ4n) is 9.73. The number of fused-ring (bicyclic) bond motifs is 3. The first-order valence-corrected chi connectivity index (χ1v) is 23.0. The van der Waals surface area contributed by atoms with Crippen molar-refractivity contribution in [2.75, 3.05) is 13.1 Å². The molecule has 10 heteroatoms. The van der Waals surface area contributed by atoms with Crippen LogP contribution in [0.15, 0.2) is 87.0 Å². The van der Waals surface area contributed by atoms with Crippen LogP contribution in [0.25, 0.3) is 10.1 Å². The molecular formula is C47H62N6O2S2. The van der Waals surface area contributed by atoms with E-state index in [1.807, 2.05) is 44.2 Å². The second kappa shape index (κ2) is 17.1. The maximum Gasteiger partial charge on any atom is 0.338 e. The summed E-state index contributed by atoms with van der Waals surface area (Å²) in [6.45, 7) is 16.9. The van der Waals surface area contributed by atoms with Gasteiger partial charge in [-0.05, 0) is 126 Å². The highest BCUT2D eigenvalue weighted by molar-refractivity contribution is 7.17. The Balaban J connectivity index is 0.000000177. The molecule has 0 saturated heterocycles. The Morgan fingerprint density at radius 1 is 0.842 bits per heavy atom. The Morgan fingerprint density at radius 3 is 2.12 bits per heavy atom. The van der Waals surface area contributed by atoms with Crippen molar-refractivity contribution in [1.82, 2.24) is 20.7 Å². The lowest BCUT2D eigenvalue weighted by molar-refractivity contribution is 0.118. The Morgan fingerprint density at radius 2 is 1.49 bits per heavy atom. The minimum atomic E-state index is -0.447. The molecule has 8 nitrogen and oxygen atoms in total. The number of hydrogen-bond donors (Lipinski definition) is 2. The van der Waals surface area contributed by atoms with E-state index >= 15 is 0 Å². The zero-order chi connectivity index (χ0) is 40.4. The minimum Gasteiger partial charge on any atom is -0.333 e. The zero-order valence-corrected chi connectivity index (χ0v) is 36.6. The fourth-order valence-corrected chi connectivity index (χ4v) is 11.5. The molecule has 4 heterocycles. The molecule has 2 saturated carbocycles. The highest BCUT2D eigenvalue weighted by Gasteiger charge is 2.61. The lowest BCUT2D eigenvalue weighted by Crippen LogP contribution is -2.50. The standard InChI is InChI=1S/C26H35N3OS.C21H27N3OS/c1-5-6-10-21-19(20-16-31-22-11-8-7-9-18(20)22)15-29(28-21)24(30)27-23-14-17-12-13-26(23,4)25(17,2)3;1-4-5-11-19-18(16-12-13-26-15-16)14-24(23-19)20(25)22-21(2,3)17-9-7-6-8-10-17/h7-9,11,16-17,19,23H,5-6,10,12-15H2,1-4H3,(H,27,30);6-10,12-13,15,18H,4-5,11,14H2,1-3H3,(H,22,25)/t17-,19?,23+,26+;/m1./s1. The van der Waals surface area contributed by atoms with Crippen molar-refractivity contribution in [3.63, 3.8) is 0 Å². The predicted molar refractivity (Wildman–Crippen MR) is 239 cm³/mol. The highest BCUT2D eigenvalue weighted by atomic mass is 32.1. The molecule has 4 aromatic rings. The highest BCUT2D eigenvalue weighted by Crippen LogP contribution is 2.65. The van der Waals surface area contributed by atoms with Gasteiger partial charge >= 0.3 is 12.1 Å². The third kappa shape index (κ3) is 8.31. The summed E-state index contributed by atoms with van der Waals surface area (Å²) in [6, 6.07) is 20.9. The van der Waals surface area contributed by atoms with E-state index in [0.29, 0.717) is 18.5 Å². The van der Waals surface area contributed by atoms with E-state index in [1.54, 1.807) is 32.7 Å². The summed E-state index contributed by atoms with van der Waals surface area (Å²) >= 11 is 3.49. The second-order valence-electron chi connectivity index (χ2n) is 17.9. The number of nitrogens with one attached hydrogen (secondary N) is 2. The molecule has 5 atom stereocenters. The maximum absolute atomic E-state index is 13.3. The van der Waals surface area contributed by atoms with Gasteiger partial charge in [0.05, 0.1) is 18.6 Å². The van der Waals surface area contributed by atoms with Gasteiger partial charge in [0.25, 0.3) is 0 Å². The summed E-state index contributed by atoms with van der Waals surface area (Å²) in [5.74, 6) is 1.15. The molecule has 2 unspecified atom stereocenters. The first-order chi connectivity index (χ1) is 27.4. The molecule has 8 rings (SSSR count). The van der Waals surface area contributed by atoms with E-state index < -0.39 is 5.54 Å². The summed E-state index contributed by atoms with van der Waals surface area (Å²) in [5.41, 5.74) is 6.00. The average molecular weight is 807 g/mol. The number of rotatable bonds is 11. The van der Waals surface area contributed by atoms with Crippen LogP contribution in [0.5, 0.6) is 0 Å². The minimum absolute atomic E-state index is 0.00870. The lowest BCUT2D eigenvalue weighted by atomic mass is 9.69. The van der Waals surface area contributed by atoms with Crippen molar-refractivity contribution in [3.8, 4) is 0 Å². The fraction of sp³-hybridized carbons (Fsp3) is 0.532. The number of urea groups is 2. The van der Waals surface area contributed by atoms with Crippen molar-refractivity contribution < 1.29 is 9.59 Å². The van der Waals surface area contributed by atoms with Crippen molar-refractivity contribution in [1.29, 1.82) is 0 Å². The van der Waals surface area contributed by atoms with Gasteiger partial charge in [-0.1, -0.05) is 96.0 Å². The quantitative estimate of drug-likeness (QED) is 0.158. The molecular weight excluding hydrogens is 745 g/mol. The SMILES string of the molecule is CCCCC1=NN(C(=O)NC(C)(C)c2ccccc2)CC1c1ccsc1.CCCCC1=NN(C(=O)N[C@H]2C[C@H]3CC[C@]2(C)C3(C)C)CC1c1csc2ccccc12. The van der Waals surface area contributed by atoms with Crippen molar-refractivity contribution >= 4 is 56.2 Å². The van der Waals surface area contributed by atoms with Crippen molar-refractivity contribution in [2.45, 2.75) is 130 Å². The van der Waals surface area contributed by atoms with Gasteiger partial charge in [-0.15, -0.1) is 11.3 Å². The number of hydrogen-bond acceptors (Lipinski definition) is 6. The molecule has 0 spiro atoms. The van der Waals surface area contributed by atoms with E-state index in [0.717, 1.165) is 62.1 Å². The number of nitrogens with zero attached hydrogens (tertiary/aromatic N) is 4. The van der Waals surface area contributed by atoms with Crippen LogP contribution in [-0.4, -0.2) is 52.6 Å². The maximum atomic E-state index is 13.3. The second-order valence-corrected chi connectivity index (χ2v) is 19.6. The summed E-state index contributed by atoms with van der Waals surface area (Å²) in [6.07, 6.45) is 10.0. The molecule has 2 aromatic carbocycles. The molecule has 2 aromatic heterocycles. The molecule has 2 bridgehead atoms. The average Bonchev–Trinajstić information content (AvgIpc) is 4.06. The van der Waals surface area contributed by atoms with E-state index in [9.17, 15) is 9.59 Å². The Labute approximate surface area is 348 Å². The first-order valence-electron chi connectivity index (χ1n) is 21.2. The van der Waals surface area contributed by atoms with E-state index in [1.165, 1.54) is 39.8 Å². The van der Waals surface area contributed by atoms with Gasteiger partial charge in [0.1, 0.15) is 0 Å². The number of hydrazone groups is 2. The first kappa shape index (κ1) is 41.2. The van der Waals surface area contributed by atoms with E-state index in [4.69, 9.17) is 5.10 Å². The third-order valence-electron chi connectivity index (χ3n) is 13.9. The van der Waals surface area contributed by atoms with Crippen molar-refractivity contribution in [3.05, 3.63) is 93.5 Å². The number of thiophene rings is 2. The Hall–Kier alpha value is -4.02. The molecule has 304 valence electrons. The van der Waals surface area contributed by atoms with Crippen LogP contribution in [-0.2, 0) is 5.54 Å². The van der Waals surface area contributed by atoms with Crippen LogP contribution < -0.4 is 10.6 Å². The van der Waals surface area contributed by atoms with E-state index in [-0.39, 0.29) is 35.4 Å².